The van der Waals surface area contributed by atoms with E-state index in [1.165, 1.54) is 5.56 Å². The van der Waals surface area contributed by atoms with E-state index in [0.717, 1.165) is 22.6 Å². The molecule has 134 valence electrons. The maximum Gasteiger partial charge on any atom is 0.222 e. The lowest BCUT2D eigenvalue weighted by molar-refractivity contribution is 1.00. The minimum atomic E-state index is 0.186. The third-order valence-electron chi connectivity index (χ3n) is 3.95. The summed E-state index contributed by atoms with van der Waals surface area (Å²) in [4.78, 5) is 8.55. The van der Waals surface area contributed by atoms with Crippen molar-refractivity contribution < 1.29 is 0 Å². The minimum absolute atomic E-state index is 0.186. The van der Waals surface area contributed by atoms with Gasteiger partial charge < -0.3 is 16.8 Å². The Bertz CT molecular complexity index is 897. The average Bonchev–Trinajstić information content (AvgIpc) is 2.63. The zero-order valence-corrected chi connectivity index (χ0v) is 15.6. The van der Waals surface area contributed by atoms with E-state index in [9.17, 15) is 0 Å². The smallest absolute Gasteiger partial charge is 0.222 e. The molecule has 0 aliphatic heterocycles. The molecule has 0 bridgehead atoms. The van der Waals surface area contributed by atoms with Crippen LogP contribution in [0, 0.1) is 0 Å². The maximum absolute atomic E-state index is 6.43. The monoisotopic (exact) mass is 387 g/mol. The number of benzene rings is 2. The lowest BCUT2D eigenvalue weighted by Gasteiger charge is -2.11. The van der Waals surface area contributed by atoms with Crippen molar-refractivity contribution in [2.24, 2.45) is 5.73 Å². The molecule has 0 aliphatic rings. The summed E-state index contributed by atoms with van der Waals surface area (Å²) >= 11 is 12.3. The van der Waals surface area contributed by atoms with Crippen LogP contribution in [0.15, 0.2) is 48.5 Å². The van der Waals surface area contributed by atoms with Crippen molar-refractivity contribution in [3.05, 3.63) is 69.7 Å². The molecular formula is C19H19Cl2N5. The summed E-state index contributed by atoms with van der Waals surface area (Å²) in [6.45, 7) is 1.06. The molecule has 5 N–H and O–H groups in total. The van der Waals surface area contributed by atoms with Crippen molar-refractivity contribution in [3.63, 3.8) is 0 Å². The van der Waals surface area contributed by atoms with Gasteiger partial charge in [0.15, 0.2) is 0 Å². The number of halogens is 2. The second kappa shape index (κ2) is 8.36. The first kappa shape index (κ1) is 18.5. The van der Waals surface area contributed by atoms with Crippen molar-refractivity contribution in [1.82, 2.24) is 9.97 Å². The highest BCUT2D eigenvalue weighted by Gasteiger charge is 2.11. The molecule has 3 rings (SSSR count). The number of nitrogen functional groups attached to an aromatic ring is 1. The van der Waals surface area contributed by atoms with Crippen molar-refractivity contribution in [1.29, 1.82) is 0 Å². The minimum Gasteiger partial charge on any atom is -0.370 e. The number of nitrogens with one attached hydrogen (secondary N) is 1. The number of hydrogen-bond donors (Lipinski definition) is 3. The fraction of sp³-hybridized carbons (Fsp3) is 0.158. The Hall–Kier alpha value is -2.34. The van der Waals surface area contributed by atoms with Crippen LogP contribution in [0.1, 0.15) is 11.1 Å². The van der Waals surface area contributed by atoms with E-state index in [4.69, 9.17) is 34.7 Å². The lowest BCUT2D eigenvalue weighted by Crippen LogP contribution is -2.08. The van der Waals surface area contributed by atoms with Gasteiger partial charge in [0.2, 0.25) is 5.95 Å². The lowest BCUT2D eigenvalue weighted by atomic mass is 10.1. The van der Waals surface area contributed by atoms with Crippen LogP contribution < -0.4 is 16.8 Å². The van der Waals surface area contributed by atoms with Gasteiger partial charge in [0.05, 0.1) is 10.7 Å². The molecule has 0 radical (unpaired) electrons. The van der Waals surface area contributed by atoms with Gasteiger partial charge in [0, 0.05) is 29.7 Å². The van der Waals surface area contributed by atoms with Crippen LogP contribution in [-0.4, -0.2) is 16.5 Å². The van der Waals surface area contributed by atoms with E-state index in [0.29, 0.717) is 29.6 Å². The van der Waals surface area contributed by atoms with Gasteiger partial charge in [-0.05, 0) is 29.7 Å². The van der Waals surface area contributed by atoms with Crippen LogP contribution in [0.3, 0.4) is 0 Å². The second-order valence-electron chi connectivity index (χ2n) is 5.78. The van der Waals surface area contributed by atoms with Gasteiger partial charge in [-0.15, -0.1) is 0 Å². The first-order valence-electron chi connectivity index (χ1n) is 8.17. The maximum atomic E-state index is 6.43. The summed E-state index contributed by atoms with van der Waals surface area (Å²) in [5.74, 6) is 0.835. The van der Waals surface area contributed by atoms with E-state index in [1.807, 2.05) is 48.5 Å². The van der Waals surface area contributed by atoms with E-state index in [1.54, 1.807) is 0 Å². The van der Waals surface area contributed by atoms with Crippen LogP contribution in [0.25, 0.3) is 11.3 Å². The highest BCUT2D eigenvalue weighted by molar-refractivity contribution is 6.34. The number of aromatic nitrogens is 2. The molecule has 0 unspecified atom stereocenters. The molecular weight excluding hydrogens is 369 g/mol. The molecule has 1 heterocycles. The molecule has 0 aliphatic carbocycles. The van der Waals surface area contributed by atoms with Crippen LogP contribution in [0.2, 0.25) is 10.0 Å². The van der Waals surface area contributed by atoms with E-state index < -0.39 is 0 Å². The summed E-state index contributed by atoms with van der Waals surface area (Å²) in [5.41, 5.74) is 15.1. The number of hydrogen-bond acceptors (Lipinski definition) is 5. The molecule has 26 heavy (non-hydrogen) atoms. The number of nitrogens with two attached hydrogens (primary N) is 2. The first-order valence-corrected chi connectivity index (χ1v) is 8.93. The number of anilines is 2. The molecule has 0 fully saturated rings. The van der Waals surface area contributed by atoms with Crippen LogP contribution >= 0.6 is 23.2 Å². The summed E-state index contributed by atoms with van der Waals surface area (Å²) in [5, 5.41) is 4.59. The fourth-order valence-electron chi connectivity index (χ4n) is 2.62. The summed E-state index contributed by atoms with van der Waals surface area (Å²) in [6.07, 6.45) is 0.833. The normalized spacial score (nSPS) is 10.7. The molecule has 0 spiro atoms. The van der Waals surface area contributed by atoms with Crippen molar-refractivity contribution in [2.75, 3.05) is 17.6 Å². The molecule has 0 amide bonds. The molecule has 0 atom stereocenters. The van der Waals surface area contributed by atoms with Crippen molar-refractivity contribution in [2.45, 2.75) is 13.0 Å². The molecule has 0 saturated heterocycles. The molecule has 1 aromatic heterocycles. The molecule has 3 aromatic rings. The average molecular weight is 388 g/mol. The van der Waals surface area contributed by atoms with Crippen molar-refractivity contribution in [3.8, 4) is 11.3 Å². The zero-order chi connectivity index (χ0) is 18.5. The third kappa shape index (κ3) is 4.43. The van der Waals surface area contributed by atoms with Gasteiger partial charge in [0.1, 0.15) is 5.82 Å². The third-order valence-corrected chi connectivity index (χ3v) is 4.65. The second-order valence-corrected chi connectivity index (χ2v) is 6.60. The topological polar surface area (TPSA) is 89.8 Å². The Kier molecular flexibility index (Phi) is 5.93. The predicted molar refractivity (Wildman–Crippen MR) is 108 cm³/mol. The fourth-order valence-corrected chi connectivity index (χ4v) is 3.04. The first-order chi connectivity index (χ1) is 12.6. The Labute approximate surface area is 162 Å². The number of rotatable bonds is 6. The quantitative estimate of drug-likeness (QED) is 0.590. The zero-order valence-electron chi connectivity index (χ0n) is 14.0. The molecule has 7 heteroatoms. The van der Waals surface area contributed by atoms with Crippen molar-refractivity contribution >= 4 is 35.0 Å². The summed E-state index contributed by atoms with van der Waals surface area (Å²) in [7, 11) is 0. The highest BCUT2D eigenvalue weighted by Crippen LogP contribution is 2.30. The Morgan fingerprint density at radius 3 is 2.50 bits per heavy atom. The SMILES string of the molecule is NCc1cccc(-c2cc(NCCc3ccc(Cl)cc3)nc(N)n2)c1Cl. The van der Waals surface area contributed by atoms with Gasteiger partial charge in [0.25, 0.3) is 0 Å². The highest BCUT2D eigenvalue weighted by atomic mass is 35.5. The van der Waals surface area contributed by atoms with Gasteiger partial charge in [-0.25, -0.2) is 4.98 Å². The van der Waals surface area contributed by atoms with E-state index in [-0.39, 0.29) is 5.95 Å². The number of nitrogens with zero attached hydrogens (tertiary/aromatic N) is 2. The van der Waals surface area contributed by atoms with Gasteiger partial charge in [-0.3, -0.25) is 0 Å². The molecule has 5 nitrogen and oxygen atoms in total. The standard InChI is InChI=1S/C19H19Cl2N5/c20-14-6-4-12(5-7-14)8-9-24-17-10-16(25-19(23)26-17)15-3-1-2-13(11-22)18(15)21/h1-7,10H,8-9,11,22H2,(H3,23,24,25,26). The Morgan fingerprint density at radius 1 is 1.00 bits per heavy atom. The molecule has 0 saturated carbocycles. The molecule has 2 aromatic carbocycles. The Balaban J connectivity index is 1.76. The predicted octanol–water partition coefficient (Wildman–Crippen LogP) is 4.15. The van der Waals surface area contributed by atoms with Gasteiger partial charge >= 0.3 is 0 Å². The van der Waals surface area contributed by atoms with E-state index >= 15 is 0 Å². The van der Waals surface area contributed by atoms with Crippen LogP contribution in [-0.2, 0) is 13.0 Å². The summed E-state index contributed by atoms with van der Waals surface area (Å²) < 4.78 is 0. The van der Waals surface area contributed by atoms with Gasteiger partial charge in [-0.2, -0.15) is 4.98 Å². The van der Waals surface area contributed by atoms with Crippen LogP contribution in [0.4, 0.5) is 11.8 Å². The Morgan fingerprint density at radius 2 is 1.77 bits per heavy atom. The largest absolute Gasteiger partial charge is 0.370 e. The summed E-state index contributed by atoms with van der Waals surface area (Å²) in [6, 6.07) is 15.3. The van der Waals surface area contributed by atoms with E-state index in [2.05, 4.69) is 15.3 Å². The van der Waals surface area contributed by atoms with Gasteiger partial charge in [-0.1, -0.05) is 53.5 Å². The van der Waals surface area contributed by atoms with Crippen LogP contribution in [0.5, 0.6) is 0 Å².